The molecule has 0 aromatic heterocycles. The Kier molecular flexibility index (Phi) is 5.16. The smallest absolute Gasteiger partial charge is 0.253 e. The molecule has 0 saturated carbocycles. The van der Waals surface area contributed by atoms with Crippen molar-refractivity contribution >= 4 is 5.91 Å². The molecule has 0 atom stereocenters. The predicted octanol–water partition coefficient (Wildman–Crippen LogP) is 1.98. The second-order valence-electron chi connectivity index (χ2n) is 4.48. The molecule has 0 saturated heterocycles. The van der Waals surface area contributed by atoms with Crippen molar-refractivity contribution in [3.63, 3.8) is 0 Å². The van der Waals surface area contributed by atoms with Crippen LogP contribution in [-0.2, 0) is 0 Å². The van der Waals surface area contributed by atoms with Gasteiger partial charge in [0.05, 0.1) is 0 Å². The van der Waals surface area contributed by atoms with Gasteiger partial charge in [-0.1, -0.05) is 6.07 Å². The van der Waals surface area contributed by atoms with Crippen molar-refractivity contribution in [1.82, 2.24) is 10.2 Å². The molecule has 94 valence electrons. The number of amides is 1. The van der Waals surface area contributed by atoms with Gasteiger partial charge >= 0.3 is 0 Å². The number of hydrogen-bond acceptors (Lipinski definition) is 2. The minimum absolute atomic E-state index is 0.101. The van der Waals surface area contributed by atoms with E-state index >= 15 is 0 Å². The average molecular weight is 234 g/mol. The summed E-state index contributed by atoms with van der Waals surface area (Å²) in [4.78, 5) is 13.9. The van der Waals surface area contributed by atoms with Crippen LogP contribution in [0.3, 0.4) is 0 Å². The average Bonchev–Trinajstić information content (AvgIpc) is 2.32. The van der Waals surface area contributed by atoms with E-state index in [0.29, 0.717) is 0 Å². The molecular formula is C14H22N2O. The number of carbonyl (C=O) groups is 1. The van der Waals surface area contributed by atoms with E-state index in [1.807, 2.05) is 39.2 Å². The highest BCUT2D eigenvalue weighted by Gasteiger charge is 2.11. The summed E-state index contributed by atoms with van der Waals surface area (Å²) in [6.07, 6.45) is 0.976. The van der Waals surface area contributed by atoms with Crippen LogP contribution in [0.2, 0.25) is 0 Å². The largest absolute Gasteiger partial charge is 0.342 e. The molecule has 3 nitrogen and oxygen atoms in total. The molecule has 1 amide bonds. The van der Waals surface area contributed by atoms with Gasteiger partial charge in [-0.05, 0) is 57.1 Å². The van der Waals surface area contributed by atoms with Crippen LogP contribution in [0.25, 0.3) is 0 Å². The topological polar surface area (TPSA) is 32.3 Å². The lowest BCUT2D eigenvalue weighted by Crippen LogP contribution is -2.29. The first-order chi connectivity index (χ1) is 8.06. The first-order valence-corrected chi connectivity index (χ1v) is 6.03. The van der Waals surface area contributed by atoms with E-state index in [1.165, 1.54) is 11.1 Å². The van der Waals surface area contributed by atoms with Gasteiger partial charge in [-0.15, -0.1) is 0 Å². The van der Waals surface area contributed by atoms with Gasteiger partial charge in [0.1, 0.15) is 0 Å². The molecule has 0 aliphatic rings. The summed E-state index contributed by atoms with van der Waals surface area (Å²) < 4.78 is 0. The van der Waals surface area contributed by atoms with Crippen molar-refractivity contribution < 1.29 is 4.79 Å². The van der Waals surface area contributed by atoms with Gasteiger partial charge in [0, 0.05) is 19.2 Å². The van der Waals surface area contributed by atoms with Crippen molar-refractivity contribution in [3.8, 4) is 0 Å². The minimum atomic E-state index is 0.101. The number of carbonyl (C=O) groups excluding carboxylic acids is 1. The third-order valence-corrected chi connectivity index (χ3v) is 3.02. The molecule has 0 fully saturated rings. The van der Waals surface area contributed by atoms with E-state index in [-0.39, 0.29) is 5.91 Å². The second-order valence-corrected chi connectivity index (χ2v) is 4.48. The van der Waals surface area contributed by atoms with Gasteiger partial charge in [-0.25, -0.2) is 0 Å². The first kappa shape index (κ1) is 13.7. The van der Waals surface area contributed by atoms with Gasteiger partial charge in [-0.3, -0.25) is 4.79 Å². The number of hydrogen-bond donors (Lipinski definition) is 1. The molecule has 0 aliphatic heterocycles. The van der Waals surface area contributed by atoms with Crippen LogP contribution >= 0.6 is 0 Å². The molecule has 0 radical (unpaired) electrons. The van der Waals surface area contributed by atoms with E-state index in [2.05, 4.69) is 12.2 Å². The standard InChI is InChI=1S/C14H22N2O/c1-11-6-7-13(10-12(11)2)14(17)16(4)9-5-8-15-3/h6-7,10,15H,5,8-9H2,1-4H3. The first-order valence-electron chi connectivity index (χ1n) is 6.03. The number of benzene rings is 1. The lowest BCUT2D eigenvalue weighted by Gasteiger charge is -2.17. The maximum Gasteiger partial charge on any atom is 0.253 e. The zero-order valence-electron chi connectivity index (χ0n) is 11.2. The monoisotopic (exact) mass is 234 g/mol. The van der Waals surface area contributed by atoms with E-state index in [4.69, 9.17) is 0 Å². The minimum Gasteiger partial charge on any atom is -0.342 e. The Morgan fingerprint density at radius 3 is 2.59 bits per heavy atom. The Labute approximate surface area is 104 Å². The zero-order chi connectivity index (χ0) is 12.8. The Bertz CT molecular complexity index is 388. The van der Waals surface area contributed by atoms with Gasteiger partial charge in [-0.2, -0.15) is 0 Å². The lowest BCUT2D eigenvalue weighted by molar-refractivity contribution is 0.0793. The Morgan fingerprint density at radius 2 is 2.00 bits per heavy atom. The van der Waals surface area contributed by atoms with E-state index in [1.54, 1.807) is 4.90 Å². The van der Waals surface area contributed by atoms with Gasteiger partial charge in [0.15, 0.2) is 0 Å². The predicted molar refractivity (Wildman–Crippen MR) is 71.4 cm³/mol. The summed E-state index contributed by atoms with van der Waals surface area (Å²) in [5.74, 6) is 0.101. The van der Waals surface area contributed by atoms with Gasteiger partial charge in [0.25, 0.3) is 5.91 Å². The molecule has 0 unspecified atom stereocenters. The van der Waals surface area contributed by atoms with Crippen LogP contribution in [-0.4, -0.2) is 38.0 Å². The summed E-state index contributed by atoms with van der Waals surface area (Å²) in [5.41, 5.74) is 3.17. The highest BCUT2D eigenvalue weighted by atomic mass is 16.2. The fourth-order valence-electron chi connectivity index (χ4n) is 1.69. The number of nitrogens with one attached hydrogen (secondary N) is 1. The van der Waals surface area contributed by atoms with Crippen molar-refractivity contribution in [2.45, 2.75) is 20.3 Å². The molecule has 0 heterocycles. The molecule has 1 rings (SSSR count). The van der Waals surface area contributed by atoms with Crippen LogP contribution in [0.5, 0.6) is 0 Å². The Balaban J connectivity index is 2.65. The lowest BCUT2D eigenvalue weighted by atomic mass is 10.1. The molecule has 3 heteroatoms. The van der Waals surface area contributed by atoms with Crippen LogP contribution in [0, 0.1) is 13.8 Å². The van der Waals surface area contributed by atoms with Crippen LogP contribution in [0.15, 0.2) is 18.2 Å². The summed E-state index contributed by atoms with van der Waals surface area (Å²) in [6.45, 7) is 5.81. The molecule has 17 heavy (non-hydrogen) atoms. The highest BCUT2D eigenvalue weighted by molar-refractivity contribution is 5.94. The van der Waals surface area contributed by atoms with Crippen molar-refractivity contribution in [2.75, 3.05) is 27.2 Å². The second kappa shape index (κ2) is 6.40. The number of nitrogens with zero attached hydrogens (tertiary/aromatic N) is 1. The molecule has 1 N–H and O–H groups in total. The zero-order valence-corrected chi connectivity index (χ0v) is 11.2. The van der Waals surface area contributed by atoms with Crippen LogP contribution in [0.1, 0.15) is 27.9 Å². The van der Waals surface area contributed by atoms with E-state index in [9.17, 15) is 4.79 Å². The molecule has 0 aliphatic carbocycles. The molecule has 0 bridgehead atoms. The van der Waals surface area contributed by atoms with Crippen molar-refractivity contribution in [3.05, 3.63) is 34.9 Å². The number of aryl methyl sites for hydroxylation is 2. The highest BCUT2D eigenvalue weighted by Crippen LogP contribution is 2.11. The molecule has 1 aromatic rings. The van der Waals surface area contributed by atoms with E-state index < -0.39 is 0 Å². The summed E-state index contributed by atoms with van der Waals surface area (Å²) in [7, 11) is 3.78. The van der Waals surface area contributed by atoms with Crippen LogP contribution < -0.4 is 5.32 Å². The molecule has 0 spiro atoms. The van der Waals surface area contributed by atoms with Gasteiger partial charge < -0.3 is 10.2 Å². The summed E-state index contributed by atoms with van der Waals surface area (Å²) in [6, 6.07) is 5.87. The van der Waals surface area contributed by atoms with Crippen LogP contribution in [0.4, 0.5) is 0 Å². The maximum absolute atomic E-state index is 12.1. The Hall–Kier alpha value is -1.35. The fraction of sp³-hybridized carbons (Fsp3) is 0.500. The maximum atomic E-state index is 12.1. The normalized spacial score (nSPS) is 10.4. The third-order valence-electron chi connectivity index (χ3n) is 3.02. The summed E-state index contributed by atoms with van der Waals surface area (Å²) >= 11 is 0. The van der Waals surface area contributed by atoms with Crippen molar-refractivity contribution in [1.29, 1.82) is 0 Å². The van der Waals surface area contributed by atoms with Crippen molar-refractivity contribution in [2.24, 2.45) is 0 Å². The fourth-order valence-corrected chi connectivity index (χ4v) is 1.69. The number of rotatable bonds is 5. The summed E-state index contributed by atoms with van der Waals surface area (Å²) in [5, 5.41) is 3.08. The third kappa shape index (κ3) is 3.86. The molecule has 1 aromatic carbocycles. The van der Waals surface area contributed by atoms with E-state index in [0.717, 1.165) is 25.1 Å². The SMILES string of the molecule is CNCCCN(C)C(=O)c1ccc(C)c(C)c1. The molecular weight excluding hydrogens is 212 g/mol. The van der Waals surface area contributed by atoms with Gasteiger partial charge in [0.2, 0.25) is 0 Å². The Morgan fingerprint density at radius 1 is 1.29 bits per heavy atom. The quantitative estimate of drug-likeness (QED) is 0.790.